The molecule has 1 atom stereocenters. The summed E-state index contributed by atoms with van der Waals surface area (Å²) in [6.45, 7) is 10.5. The van der Waals surface area contributed by atoms with Gasteiger partial charge in [0.2, 0.25) is 0 Å². The lowest BCUT2D eigenvalue weighted by atomic mass is 9.92. The molecule has 9 heteroatoms. The van der Waals surface area contributed by atoms with Gasteiger partial charge in [0, 0.05) is 37.5 Å². The number of rotatable bonds is 6. The summed E-state index contributed by atoms with van der Waals surface area (Å²) in [5, 5.41) is 4.65. The summed E-state index contributed by atoms with van der Waals surface area (Å²) in [6.07, 6.45) is 2.84. The quantitative estimate of drug-likeness (QED) is 0.516. The van der Waals surface area contributed by atoms with Gasteiger partial charge >= 0.3 is 0 Å². The molecule has 3 aromatic heterocycles. The minimum Gasteiger partial charge on any atom is -0.482 e. The summed E-state index contributed by atoms with van der Waals surface area (Å²) in [7, 11) is 3.64. The predicted molar refractivity (Wildman–Crippen MR) is 132 cm³/mol. The Balaban J connectivity index is 1.85. The van der Waals surface area contributed by atoms with Gasteiger partial charge in [-0.15, -0.1) is 0 Å². The van der Waals surface area contributed by atoms with E-state index in [9.17, 15) is 4.79 Å². The molecule has 176 valence electrons. The zero-order chi connectivity index (χ0) is 24.5. The number of nitrogen functional groups attached to an aromatic ring is 1. The number of nitrogens with zero attached hydrogens (tertiary/aromatic N) is 5. The van der Waals surface area contributed by atoms with Gasteiger partial charge in [0.05, 0.1) is 22.4 Å². The summed E-state index contributed by atoms with van der Waals surface area (Å²) in [5.74, 6) is 0.575. The summed E-state index contributed by atoms with van der Waals surface area (Å²) < 4.78 is 8.79. The molecule has 0 radical (unpaired) electrons. The molecule has 0 saturated heterocycles. The van der Waals surface area contributed by atoms with Crippen LogP contribution in [0.25, 0.3) is 0 Å². The summed E-state index contributed by atoms with van der Waals surface area (Å²) in [6, 6.07) is 5.46. The maximum atomic E-state index is 13.4. The van der Waals surface area contributed by atoms with Crippen molar-refractivity contribution in [2.75, 3.05) is 12.8 Å². The first kappa shape index (κ1) is 24.7. The minimum atomic E-state index is -0.451. The molecular weight excluding hydrogens is 484 g/mol. The van der Waals surface area contributed by atoms with Gasteiger partial charge in [-0.2, -0.15) is 5.10 Å². The lowest BCUT2D eigenvalue weighted by Gasteiger charge is -2.22. The number of pyridine rings is 2. The topological polar surface area (TPSA) is 99.2 Å². The number of aromatic nitrogens is 4. The van der Waals surface area contributed by atoms with Crippen molar-refractivity contribution in [3.63, 3.8) is 0 Å². The number of amides is 1. The Labute approximate surface area is 203 Å². The molecule has 0 bridgehead atoms. The van der Waals surface area contributed by atoms with Gasteiger partial charge in [-0.25, -0.2) is 4.98 Å². The average molecular weight is 515 g/mol. The van der Waals surface area contributed by atoms with Gasteiger partial charge in [0.1, 0.15) is 11.8 Å². The highest BCUT2D eigenvalue weighted by Gasteiger charge is 2.27. The Hall–Kier alpha value is -2.94. The van der Waals surface area contributed by atoms with Gasteiger partial charge in [0.15, 0.2) is 11.6 Å². The molecule has 2 N–H and O–H groups in total. The molecule has 0 saturated carbocycles. The molecule has 0 spiro atoms. The van der Waals surface area contributed by atoms with E-state index in [1.807, 2.05) is 37.7 Å². The van der Waals surface area contributed by atoms with E-state index in [-0.39, 0.29) is 11.3 Å². The normalized spacial score (nSPS) is 12.5. The Morgan fingerprint density at radius 1 is 1.33 bits per heavy atom. The van der Waals surface area contributed by atoms with Crippen LogP contribution in [0.3, 0.4) is 0 Å². The highest BCUT2D eigenvalue weighted by molar-refractivity contribution is 9.10. The SMILES string of the molecule is Cc1cnc(N)c(OC(C)c2cccnc2C(=O)N(C)Cc2c(Br)c(C(C)(C)C)nn2C)c1. The number of anilines is 1. The van der Waals surface area contributed by atoms with Crippen LogP contribution in [0.5, 0.6) is 5.75 Å². The average Bonchev–Trinajstić information content (AvgIpc) is 3.04. The molecule has 0 aliphatic heterocycles. The lowest BCUT2D eigenvalue weighted by Crippen LogP contribution is -2.29. The third-order valence-corrected chi connectivity index (χ3v) is 6.18. The molecule has 3 aromatic rings. The van der Waals surface area contributed by atoms with Crippen LogP contribution in [-0.4, -0.2) is 37.6 Å². The summed E-state index contributed by atoms with van der Waals surface area (Å²) in [4.78, 5) is 23.6. The summed E-state index contributed by atoms with van der Waals surface area (Å²) >= 11 is 3.68. The number of carbonyl (C=O) groups excluding carboxylic acids is 1. The number of hydrogen-bond donors (Lipinski definition) is 1. The van der Waals surface area contributed by atoms with Gasteiger partial charge < -0.3 is 15.4 Å². The standard InChI is InChI=1S/C24H31BrN6O2/c1-14-11-18(22(26)28-12-14)33-15(2)16-9-8-10-27-20(16)23(32)30(6)13-17-19(25)21(24(3,4)5)29-31(17)7/h8-12,15H,13H2,1-7H3,(H2,26,28). The maximum absolute atomic E-state index is 13.4. The molecule has 33 heavy (non-hydrogen) atoms. The second-order valence-electron chi connectivity index (χ2n) is 9.24. The van der Waals surface area contributed by atoms with Gasteiger partial charge in [-0.1, -0.05) is 26.8 Å². The van der Waals surface area contributed by atoms with Crippen molar-refractivity contribution in [2.45, 2.75) is 52.7 Å². The van der Waals surface area contributed by atoms with E-state index in [4.69, 9.17) is 10.5 Å². The maximum Gasteiger partial charge on any atom is 0.272 e. The van der Waals surface area contributed by atoms with Gasteiger partial charge in [0.25, 0.3) is 5.91 Å². The largest absolute Gasteiger partial charge is 0.482 e. The Kier molecular flexibility index (Phi) is 7.11. The highest BCUT2D eigenvalue weighted by atomic mass is 79.9. The lowest BCUT2D eigenvalue weighted by molar-refractivity contribution is 0.0770. The van der Waals surface area contributed by atoms with E-state index < -0.39 is 6.10 Å². The van der Waals surface area contributed by atoms with Crippen molar-refractivity contribution in [3.05, 3.63) is 63.3 Å². The molecule has 3 rings (SSSR count). The molecule has 0 aromatic carbocycles. The van der Waals surface area contributed by atoms with Crippen LogP contribution in [0.1, 0.15) is 66.8 Å². The van der Waals surface area contributed by atoms with Crippen LogP contribution < -0.4 is 10.5 Å². The van der Waals surface area contributed by atoms with Crippen molar-refractivity contribution < 1.29 is 9.53 Å². The Bertz CT molecular complexity index is 1170. The molecule has 0 aliphatic rings. The third kappa shape index (κ3) is 5.35. The molecule has 0 fully saturated rings. The van der Waals surface area contributed by atoms with E-state index in [2.05, 4.69) is 51.8 Å². The number of hydrogen-bond acceptors (Lipinski definition) is 6. The Morgan fingerprint density at radius 3 is 2.67 bits per heavy atom. The van der Waals surface area contributed by atoms with E-state index in [0.717, 1.165) is 21.4 Å². The van der Waals surface area contributed by atoms with Crippen LogP contribution >= 0.6 is 15.9 Å². The Morgan fingerprint density at radius 2 is 2.03 bits per heavy atom. The van der Waals surface area contributed by atoms with Gasteiger partial charge in [-0.05, 0) is 47.5 Å². The van der Waals surface area contributed by atoms with E-state index in [0.29, 0.717) is 29.4 Å². The third-order valence-electron chi connectivity index (χ3n) is 5.35. The number of aryl methyl sites for hydroxylation is 2. The zero-order valence-electron chi connectivity index (χ0n) is 20.2. The monoisotopic (exact) mass is 514 g/mol. The summed E-state index contributed by atoms with van der Waals surface area (Å²) in [5.41, 5.74) is 9.66. The highest BCUT2D eigenvalue weighted by Crippen LogP contribution is 2.32. The predicted octanol–water partition coefficient (Wildman–Crippen LogP) is 4.57. The van der Waals surface area contributed by atoms with Crippen molar-refractivity contribution in [3.8, 4) is 5.75 Å². The fourth-order valence-electron chi connectivity index (χ4n) is 3.49. The van der Waals surface area contributed by atoms with E-state index in [1.165, 1.54) is 0 Å². The molecular formula is C24H31BrN6O2. The van der Waals surface area contributed by atoms with Crippen LogP contribution in [0.15, 0.2) is 35.1 Å². The number of halogens is 1. The smallest absolute Gasteiger partial charge is 0.272 e. The first-order chi connectivity index (χ1) is 15.4. The fourth-order valence-corrected chi connectivity index (χ4v) is 4.54. The van der Waals surface area contributed by atoms with Crippen LogP contribution in [-0.2, 0) is 19.0 Å². The molecule has 0 aliphatic carbocycles. The van der Waals surface area contributed by atoms with Crippen molar-refractivity contribution >= 4 is 27.7 Å². The number of nitrogens with two attached hydrogens (primary N) is 1. The number of carbonyl (C=O) groups is 1. The minimum absolute atomic E-state index is 0.120. The zero-order valence-corrected chi connectivity index (χ0v) is 21.8. The van der Waals surface area contributed by atoms with Crippen molar-refractivity contribution in [1.82, 2.24) is 24.6 Å². The second kappa shape index (κ2) is 9.51. The molecule has 8 nitrogen and oxygen atoms in total. The van der Waals surface area contributed by atoms with Crippen molar-refractivity contribution in [1.29, 1.82) is 0 Å². The fraction of sp³-hybridized carbons (Fsp3) is 0.417. The second-order valence-corrected chi connectivity index (χ2v) is 10.0. The van der Waals surface area contributed by atoms with Crippen molar-refractivity contribution in [2.24, 2.45) is 7.05 Å². The molecule has 3 heterocycles. The number of ether oxygens (including phenoxy) is 1. The van der Waals surface area contributed by atoms with E-state index in [1.54, 1.807) is 30.4 Å². The van der Waals surface area contributed by atoms with Gasteiger partial charge in [-0.3, -0.25) is 14.5 Å². The van der Waals surface area contributed by atoms with Crippen LogP contribution in [0.2, 0.25) is 0 Å². The van der Waals surface area contributed by atoms with Crippen LogP contribution in [0, 0.1) is 6.92 Å². The molecule has 1 amide bonds. The van der Waals surface area contributed by atoms with E-state index >= 15 is 0 Å². The van der Waals surface area contributed by atoms with Crippen LogP contribution in [0.4, 0.5) is 5.82 Å². The first-order valence-corrected chi connectivity index (χ1v) is 11.5. The first-order valence-electron chi connectivity index (χ1n) is 10.7. The molecule has 1 unspecified atom stereocenters.